The van der Waals surface area contributed by atoms with Crippen LogP contribution in [-0.4, -0.2) is 28.3 Å². The maximum Gasteiger partial charge on any atom is 0.117 e. The van der Waals surface area contributed by atoms with Crippen LogP contribution >= 0.6 is 11.8 Å². The molecule has 5 heteroatoms. The Morgan fingerprint density at radius 1 is 1.37 bits per heavy atom. The third kappa shape index (κ3) is 3.66. The molecule has 1 N–H and O–H groups in total. The van der Waals surface area contributed by atoms with E-state index in [9.17, 15) is 0 Å². The second kappa shape index (κ2) is 7.07. The molecule has 0 radical (unpaired) electrons. The van der Waals surface area contributed by atoms with Crippen molar-refractivity contribution in [3.63, 3.8) is 0 Å². The molecule has 2 aromatic rings. The van der Waals surface area contributed by atoms with Crippen LogP contribution in [0.5, 0.6) is 0 Å². The molecule has 0 fully saturated rings. The fourth-order valence-electron chi connectivity index (χ4n) is 1.83. The number of nitrogens with one attached hydrogen (secondary N) is 1. The number of para-hydroxylation sites is 1. The molecule has 0 saturated carbocycles. The minimum absolute atomic E-state index is 0.0781. The van der Waals surface area contributed by atoms with E-state index < -0.39 is 0 Å². The van der Waals surface area contributed by atoms with Crippen molar-refractivity contribution in [1.29, 1.82) is 5.26 Å². The van der Waals surface area contributed by atoms with Gasteiger partial charge in [0, 0.05) is 11.1 Å². The van der Waals surface area contributed by atoms with E-state index in [1.807, 2.05) is 31.2 Å². The molecule has 19 heavy (non-hydrogen) atoms. The van der Waals surface area contributed by atoms with Crippen molar-refractivity contribution in [2.75, 3.05) is 12.3 Å². The van der Waals surface area contributed by atoms with Crippen molar-refractivity contribution in [3.05, 3.63) is 30.6 Å². The second-order valence-corrected chi connectivity index (χ2v) is 5.16. The summed E-state index contributed by atoms with van der Waals surface area (Å²) in [6, 6.07) is 10.2. The monoisotopic (exact) mass is 272 g/mol. The van der Waals surface area contributed by atoms with Gasteiger partial charge in [-0.25, -0.2) is 9.97 Å². The minimum atomic E-state index is -0.0781. The van der Waals surface area contributed by atoms with Gasteiger partial charge in [0.2, 0.25) is 0 Å². The van der Waals surface area contributed by atoms with Gasteiger partial charge >= 0.3 is 0 Å². The van der Waals surface area contributed by atoms with Gasteiger partial charge in [-0.3, -0.25) is 0 Å². The van der Waals surface area contributed by atoms with Gasteiger partial charge in [0.25, 0.3) is 0 Å². The maximum atomic E-state index is 8.98. The molecule has 0 aliphatic heterocycles. The highest BCUT2D eigenvalue weighted by atomic mass is 32.2. The zero-order chi connectivity index (χ0) is 13.5. The Kier molecular flexibility index (Phi) is 5.13. The number of nitrogens with zero attached hydrogens (tertiary/aromatic N) is 3. The number of nitriles is 1. The van der Waals surface area contributed by atoms with Gasteiger partial charge in [0.15, 0.2) is 0 Å². The van der Waals surface area contributed by atoms with Gasteiger partial charge in [-0.05, 0) is 19.0 Å². The van der Waals surface area contributed by atoms with Crippen LogP contribution in [0, 0.1) is 11.3 Å². The highest BCUT2D eigenvalue weighted by Crippen LogP contribution is 2.24. The van der Waals surface area contributed by atoms with Crippen molar-refractivity contribution in [2.45, 2.75) is 24.4 Å². The third-order valence-corrected chi connectivity index (χ3v) is 3.80. The predicted molar refractivity (Wildman–Crippen MR) is 78.0 cm³/mol. The summed E-state index contributed by atoms with van der Waals surface area (Å²) in [6.45, 7) is 2.83. The normalized spacial score (nSPS) is 12.2. The average Bonchev–Trinajstić information content (AvgIpc) is 2.46. The Hall–Kier alpha value is -1.64. The van der Waals surface area contributed by atoms with Crippen LogP contribution in [0.15, 0.2) is 35.6 Å². The van der Waals surface area contributed by atoms with E-state index in [0.29, 0.717) is 0 Å². The summed E-state index contributed by atoms with van der Waals surface area (Å²) >= 11 is 1.68. The topological polar surface area (TPSA) is 61.6 Å². The van der Waals surface area contributed by atoms with Crippen LogP contribution in [0.3, 0.4) is 0 Å². The first kappa shape index (κ1) is 13.8. The molecule has 0 amide bonds. The van der Waals surface area contributed by atoms with Crippen LogP contribution in [0.2, 0.25) is 0 Å². The number of hydrogen-bond donors (Lipinski definition) is 1. The summed E-state index contributed by atoms with van der Waals surface area (Å²) in [5.41, 5.74) is 0.962. The van der Waals surface area contributed by atoms with E-state index in [0.717, 1.165) is 34.6 Å². The van der Waals surface area contributed by atoms with Crippen molar-refractivity contribution >= 4 is 22.7 Å². The maximum absolute atomic E-state index is 8.98. The summed E-state index contributed by atoms with van der Waals surface area (Å²) in [6.07, 6.45) is 2.41. The fraction of sp³-hybridized carbons (Fsp3) is 0.357. The summed E-state index contributed by atoms with van der Waals surface area (Å²) in [4.78, 5) is 8.57. The first-order chi connectivity index (χ1) is 9.35. The van der Waals surface area contributed by atoms with Crippen LogP contribution < -0.4 is 5.32 Å². The Morgan fingerprint density at radius 2 is 2.21 bits per heavy atom. The molecular formula is C14H16N4S. The first-order valence-corrected chi connectivity index (χ1v) is 7.29. The van der Waals surface area contributed by atoms with Crippen LogP contribution in [0.1, 0.15) is 13.3 Å². The van der Waals surface area contributed by atoms with Gasteiger partial charge in [-0.15, -0.1) is 11.8 Å². The van der Waals surface area contributed by atoms with Gasteiger partial charge in [0.1, 0.15) is 11.4 Å². The van der Waals surface area contributed by atoms with Gasteiger partial charge in [-0.1, -0.05) is 25.1 Å². The molecule has 1 aromatic carbocycles. The molecular weight excluding hydrogens is 256 g/mol. The molecule has 0 saturated heterocycles. The summed E-state index contributed by atoms with van der Waals surface area (Å²) in [5.74, 6) is 0.867. The molecule has 1 unspecified atom stereocenters. The van der Waals surface area contributed by atoms with Gasteiger partial charge in [0.05, 0.1) is 17.6 Å². The highest BCUT2D eigenvalue weighted by Gasteiger charge is 2.07. The molecule has 0 aliphatic carbocycles. The number of rotatable bonds is 6. The van der Waals surface area contributed by atoms with E-state index >= 15 is 0 Å². The Labute approximate surface area is 117 Å². The van der Waals surface area contributed by atoms with E-state index in [1.165, 1.54) is 0 Å². The molecule has 0 aliphatic rings. The summed E-state index contributed by atoms with van der Waals surface area (Å²) in [5, 5.41) is 14.2. The summed E-state index contributed by atoms with van der Waals surface area (Å²) < 4.78 is 0. The van der Waals surface area contributed by atoms with Crippen molar-refractivity contribution in [3.8, 4) is 6.07 Å². The first-order valence-electron chi connectivity index (χ1n) is 6.30. The summed E-state index contributed by atoms with van der Waals surface area (Å²) in [7, 11) is 0. The molecule has 98 valence electrons. The zero-order valence-corrected chi connectivity index (χ0v) is 11.7. The largest absolute Gasteiger partial charge is 0.302 e. The predicted octanol–water partition coefficient (Wildman–Crippen LogP) is 2.61. The minimum Gasteiger partial charge on any atom is -0.302 e. The SMILES string of the molecule is CCNC(C#N)CCSc1ncnc2ccccc12. The number of fused-ring (bicyclic) bond motifs is 1. The van der Waals surface area contributed by atoms with E-state index in [1.54, 1.807) is 18.1 Å². The lowest BCUT2D eigenvalue weighted by Crippen LogP contribution is -2.27. The molecule has 0 spiro atoms. The van der Waals surface area contributed by atoms with Crippen LogP contribution in [0.4, 0.5) is 0 Å². The number of benzene rings is 1. The van der Waals surface area contributed by atoms with E-state index in [4.69, 9.17) is 5.26 Å². The lowest BCUT2D eigenvalue weighted by atomic mass is 10.2. The highest BCUT2D eigenvalue weighted by molar-refractivity contribution is 7.99. The van der Waals surface area contributed by atoms with Gasteiger partial charge < -0.3 is 5.32 Å². The Balaban J connectivity index is 2.00. The van der Waals surface area contributed by atoms with E-state index in [2.05, 4.69) is 21.4 Å². The van der Waals surface area contributed by atoms with Crippen LogP contribution in [-0.2, 0) is 0 Å². The molecule has 0 bridgehead atoms. The standard InChI is InChI=1S/C14H16N4S/c1-2-16-11(9-15)7-8-19-14-12-5-3-4-6-13(12)17-10-18-14/h3-6,10-11,16H,2,7-8H2,1H3. The number of hydrogen-bond acceptors (Lipinski definition) is 5. The van der Waals surface area contributed by atoms with E-state index in [-0.39, 0.29) is 6.04 Å². The van der Waals surface area contributed by atoms with Crippen LogP contribution in [0.25, 0.3) is 10.9 Å². The molecule has 1 atom stereocenters. The zero-order valence-electron chi connectivity index (χ0n) is 10.8. The smallest absolute Gasteiger partial charge is 0.117 e. The lowest BCUT2D eigenvalue weighted by molar-refractivity contribution is 0.613. The number of thioether (sulfide) groups is 1. The lowest BCUT2D eigenvalue weighted by Gasteiger charge is -2.09. The molecule has 4 nitrogen and oxygen atoms in total. The van der Waals surface area contributed by atoms with Crippen molar-refractivity contribution < 1.29 is 0 Å². The quantitative estimate of drug-likeness (QED) is 0.647. The molecule has 1 heterocycles. The number of aromatic nitrogens is 2. The third-order valence-electron chi connectivity index (χ3n) is 2.76. The van der Waals surface area contributed by atoms with Crippen molar-refractivity contribution in [1.82, 2.24) is 15.3 Å². The van der Waals surface area contributed by atoms with Gasteiger partial charge in [-0.2, -0.15) is 5.26 Å². The average molecular weight is 272 g/mol. The van der Waals surface area contributed by atoms with Crippen molar-refractivity contribution in [2.24, 2.45) is 0 Å². The Bertz CT molecular complexity index is 574. The molecule has 2 rings (SSSR count). The Morgan fingerprint density at radius 3 is 3.00 bits per heavy atom. The molecule has 1 aromatic heterocycles. The fourth-order valence-corrected chi connectivity index (χ4v) is 2.82. The second-order valence-electron chi connectivity index (χ2n) is 4.07.